The Balaban J connectivity index is 2.12. The van der Waals surface area contributed by atoms with Crippen LogP contribution < -0.4 is 0 Å². The van der Waals surface area contributed by atoms with Crippen molar-refractivity contribution in [2.45, 2.75) is 18.4 Å². The number of hydrogen-bond acceptors (Lipinski definition) is 4. The molecule has 0 fully saturated rings. The lowest BCUT2D eigenvalue weighted by Gasteiger charge is -2.29. The molecule has 0 spiro atoms. The molecule has 0 saturated carbocycles. The Morgan fingerprint density at radius 3 is 2.42 bits per heavy atom. The number of nitrogens with zero attached hydrogens (tertiary/aromatic N) is 1. The maximum atomic E-state index is 13.0. The van der Waals surface area contributed by atoms with Gasteiger partial charge in [0.15, 0.2) is 0 Å². The summed E-state index contributed by atoms with van der Waals surface area (Å²) in [6.45, 7) is 1.97. The molecule has 0 aliphatic carbocycles. The van der Waals surface area contributed by atoms with Crippen LogP contribution in [0.25, 0.3) is 6.08 Å². The van der Waals surface area contributed by atoms with Crippen molar-refractivity contribution in [1.29, 1.82) is 0 Å². The third-order valence-corrected chi connectivity index (χ3v) is 5.71. The zero-order valence-electron chi connectivity index (χ0n) is 13.4. The van der Waals surface area contributed by atoms with Gasteiger partial charge in [-0.15, -0.1) is 0 Å². The van der Waals surface area contributed by atoms with Gasteiger partial charge in [-0.05, 0) is 36.3 Å². The molecule has 0 N–H and O–H groups in total. The molecular formula is C18H17NO4S. The summed E-state index contributed by atoms with van der Waals surface area (Å²) in [6, 6.07) is 13.9. The van der Waals surface area contributed by atoms with Crippen molar-refractivity contribution in [3.8, 4) is 0 Å². The van der Waals surface area contributed by atoms with Crippen molar-refractivity contribution < 1.29 is 17.9 Å². The van der Waals surface area contributed by atoms with E-state index in [1.807, 2.05) is 31.2 Å². The number of benzene rings is 2. The van der Waals surface area contributed by atoms with E-state index in [9.17, 15) is 13.2 Å². The van der Waals surface area contributed by atoms with Crippen molar-refractivity contribution in [3.63, 3.8) is 0 Å². The number of aryl methyl sites for hydroxylation is 1. The van der Waals surface area contributed by atoms with Gasteiger partial charge in [-0.1, -0.05) is 42.0 Å². The first-order chi connectivity index (χ1) is 11.4. The molecule has 0 bridgehead atoms. The average Bonchev–Trinajstić information content (AvgIpc) is 2.60. The highest BCUT2D eigenvalue weighted by Crippen LogP contribution is 2.30. The molecule has 0 unspecified atom stereocenters. The van der Waals surface area contributed by atoms with Crippen molar-refractivity contribution >= 4 is 22.1 Å². The SMILES string of the molecule is COC(=O)C1=Cc2ccccc2CN1S(=O)(=O)c1ccc(C)cc1. The molecule has 2 aromatic carbocycles. The molecule has 0 radical (unpaired) electrons. The predicted molar refractivity (Wildman–Crippen MR) is 90.3 cm³/mol. The molecule has 6 heteroatoms. The summed E-state index contributed by atoms with van der Waals surface area (Å²) in [6.07, 6.45) is 1.55. The van der Waals surface area contributed by atoms with E-state index in [2.05, 4.69) is 0 Å². The van der Waals surface area contributed by atoms with Gasteiger partial charge in [0.25, 0.3) is 10.0 Å². The molecule has 24 heavy (non-hydrogen) atoms. The third kappa shape index (κ3) is 2.80. The van der Waals surface area contributed by atoms with E-state index >= 15 is 0 Å². The van der Waals surface area contributed by atoms with Crippen LogP contribution in [-0.4, -0.2) is 25.8 Å². The average molecular weight is 343 g/mol. The first kappa shape index (κ1) is 16.3. The van der Waals surface area contributed by atoms with Gasteiger partial charge in [0.2, 0.25) is 0 Å². The maximum absolute atomic E-state index is 13.0. The van der Waals surface area contributed by atoms with Crippen LogP contribution >= 0.6 is 0 Å². The second kappa shape index (κ2) is 6.13. The second-order valence-corrected chi connectivity index (χ2v) is 7.41. The molecular weight excluding hydrogens is 326 g/mol. The summed E-state index contributed by atoms with van der Waals surface area (Å²) < 4.78 is 31.9. The Bertz CT molecular complexity index is 914. The quantitative estimate of drug-likeness (QED) is 0.804. The van der Waals surface area contributed by atoms with E-state index in [1.54, 1.807) is 30.3 Å². The highest BCUT2D eigenvalue weighted by molar-refractivity contribution is 7.89. The molecule has 3 rings (SSSR count). The summed E-state index contributed by atoms with van der Waals surface area (Å²) in [7, 11) is -2.63. The molecule has 2 aromatic rings. The van der Waals surface area contributed by atoms with Gasteiger partial charge >= 0.3 is 5.97 Å². The number of methoxy groups -OCH3 is 1. The summed E-state index contributed by atoms with van der Waals surface area (Å²) in [5.74, 6) is -0.680. The number of esters is 1. The Morgan fingerprint density at radius 1 is 1.08 bits per heavy atom. The van der Waals surface area contributed by atoms with Crippen LogP contribution in [-0.2, 0) is 26.1 Å². The first-order valence-electron chi connectivity index (χ1n) is 7.41. The zero-order valence-corrected chi connectivity index (χ0v) is 14.2. The second-order valence-electron chi connectivity index (χ2n) is 5.54. The highest BCUT2D eigenvalue weighted by Gasteiger charge is 2.33. The summed E-state index contributed by atoms with van der Waals surface area (Å²) >= 11 is 0. The zero-order chi connectivity index (χ0) is 17.3. The fourth-order valence-corrected chi connectivity index (χ4v) is 4.03. The van der Waals surface area contributed by atoms with E-state index in [0.717, 1.165) is 21.0 Å². The van der Waals surface area contributed by atoms with Crippen molar-refractivity contribution in [1.82, 2.24) is 4.31 Å². The monoisotopic (exact) mass is 343 g/mol. The molecule has 5 nitrogen and oxygen atoms in total. The molecule has 0 atom stereocenters. The number of rotatable bonds is 3. The number of ether oxygens (including phenoxy) is 1. The van der Waals surface area contributed by atoms with E-state index < -0.39 is 16.0 Å². The Labute approximate surface area is 141 Å². The molecule has 0 aromatic heterocycles. The fraction of sp³-hybridized carbons (Fsp3) is 0.167. The lowest BCUT2D eigenvalue weighted by atomic mass is 10.0. The van der Waals surface area contributed by atoms with Gasteiger partial charge in [-0.2, -0.15) is 0 Å². The lowest BCUT2D eigenvalue weighted by Crippen LogP contribution is -2.35. The first-order valence-corrected chi connectivity index (χ1v) is 8.85. The molecule has 1 aliphatic heterocycles. The summed E-state index contributed by atoms with van der Waals surface area (Å²) in [5.41, 5.74) is 2.62. The molecule has 0 saturated heterocycles. The Hall–Kier alpha value is -2.60. The standard InChI is InChI=1S/C18H17NO4S/c1-13-7-9-16(10-8-13)24(21,22)19-12-15-6-4-3-5-14(15)11-17(19)18(20)23-2/h3-11H,12H2,1-2H3. The number of fused-ring (bicyclic) bond motifs is 1. The minimum atomic E-state index is -3.86. The maximum Gasteiger partial charge on any atom is 0.355 e. The van der Waals surface area contributed by atoms with E-state index in [-0.39, 0.29) is 17.1 Å². The normalized spacial score (nSPS) is 13.9. The number of hydrogen-bond donors (Lipinski definition) is 0. The van der Waals surface area contributed by atoms with Crippen LogP contribution in [0, 0.1) is 6.92 Å². The summed E-state index contributed by atoms with van der Waals surface area (Å²) in [4.78, 5) is 12.3. The van der Waals surface area contributed by atoms with Crippen molar-refractivity contribution in [3.05, 3.63) is 70.9 Å². The van der Waals surface area contributed by atoms with Gasteiger partial charge in [-0.3, -0.25) is 4.31 Å². The van der Waals surface area contributed by atoms with Gasteiger partial charge < -0.3 is 4.74 Å². The largest absolute Gasteiger partial charge is 0.464 e. The minimum absolute atomic E-state index is 0.0109. The number of carbonyl (C=O) groups excluding carboxylic acids is 1. The van der Waals surface area contributed by atoms with Crippen molar-refractivity contribution in [2.24, 2.45) is 0 Å². The van der Waals surface area contributed by atoms with E-state index in [0.29, 0.717) is 0 Å². The molecule has 0 amide bonds. The highest BCUT2D eigenvalue weighted by atomic mass is 32.2. The van der Waals surface area contributed by atoms with Crippen LogP contribution in [0.2, 0.25) is 0 Å². The molecule has 1 heterocycles. The third-order valence-electron chi connectivity index (χ3n) is 3.93. The number of carbonyl (C=O) groups is 1. The van der Waals surface area contributed by atoms with E-state index in [1.165, 1.54) is 7.11 Å². The van der Waals surface area contributed by atoms with E-state index in [4.69, 9.17) is 4.74 Å². The van der Waals surface area contributed by atoms with Crippen LogP contribution in [0.5, 0.6) is 0 Å². The molecule has 124 valence electrons. The smallest absolute Gasteiger partial charge is 0.355 e. The fourth-order valence-electron chi connectivity index (χ4n) is 2.60. The molecule has 1 aliphatic rings. The van der Waals surface area contributed by atoms with Gasteiger partial charge in [0, 0.05) is 0 Å². The Morgan fingerprint density at radius 2 is 1.75 bits per heavy atom. The predicted octanol–water partition coefficient (Wildman–Crippen LogP) is 2.71. The van der Waals surface area contributed by atoms with Gasteiger partial charge in [-0.25, -0.2) is 13.2 Å². The van der Waals surface area contributed by atoms with Crippen molar-refractivity contribution in [2.75, 3.05) is 7.11 Å². The topological polar surface area (TPSA) is 63.7 Å². The van der Waals surface area contributed by atoms with Crippen LogP contribution in [0.4, 0.5) is 0 Å². The summed E-state index contributed by atoms with van der Waals surface area (Å²) in [5, 5.41) is 0. The van der Waals surface area contributed by atoms with Gasteiger partial charge in [0.05, 0.1) is 18.6 Å². The Kier molecular flexibility index (Phi) is 4.15. The number of sulfonamides is 1. The van der Waals surface area contributed by atoms with Gasteiger partial charge in [0.1, 0.15) is 5.70 Å². The van der Waals surface area contributed by atoms with Crippen LogP contribution in [0.3, 0.4) is 0 Å². The lowest BCUT2D eigenvalue weighted by molar-refractivity contribution is -0.137. The minimum Gasteiger partial charge on any atom is -0.464 e. The van der Waals surface area contributed by atoms with Crippen LogP contribution in [0.1, 0.15) is 16.7 Å². The van der Waals surface area contributed by atoms with Crippen LogP contribution in [0.15, 0.2) is 59.1 Å².